The van der Waals surface area contributed by atoms with E-state index in [1.807, 2.05) is 6.92 Å². The third-order valence-electron chi connectivity index (χ3n) is 1.92. The SMILES string of the molecule is CCc1cnn(CC(F)(F)CNC)c1. The molecule has 0 amide bonds. The first-order valence-electron chi connectivity index (χ1n) is 4.61. The van der Waals surface area contributed by atoms with Crippen LogP contribution < -0.4 is 5.32 Å². The lowest BCUT2D eigenvalue weighted by Crippen LogP contribution is -2.34. The van der Waals surface area contributed by atoms with E-state index in [1.54, 1.807) is 12.4 Å². The molecule has 1 heterocycles. The summed E-state index contributed by atoms with van der Waals surface area (Å²) in [4.78, 5) is 0. The van der Waals surface area contributed by atoms with Crippen molar-refractivity contribution in [2.45, 2.75) is 25.8 Å². The minimum atomic E-state index is -2.74. The Balaban J connectivity index is 2.58. The summed E-state index contributed by atoms with van der Waals surface area (Å²) in [7, 11) is 1.51. The minimum absolute atomic E-state index is 0.325. The van der Waals surface area contributed by atoms with E-state index in [9.17, 15) is 8.78 Å². The van der Waals surface area contributed by atoms with Crippen molar-refractivity contribution in [2.75, 3.05) is 13.6 Å². The molecule has 0 spiro atoms. The largest absolute Gasteiger partial charge is 0.314 e. The summed E-state index contributed by atoms with van der Waals surface area (Å²) >= 11 is 0. The summed E-state index contributed by atoms with van der Waals surface area (Å²) in [6.45, 7) is 1.27. The quantitative estimate of drug-likeness (QED) is 0.781. The molecule has 0 fully saturated rings. The molecule has 1 aromatic rings. The number of nitrogens with one attached hydrogen (secondary N) is 1. The van der Waals surface area contributed by atoms with Crippen LogP contribution in [0.5, 0.6) is 0 Å². The van der Waals surface area contributed by atoms with Gasteiger partial charge in [0.2, 0.25) is 0 Å². The lowest BCUT2D eigenvalue weighted by atomic mass is 10.3. The topological polar surface area (TPSA) is 29.9 Å². The molecule has 0 radical (unpaired) electrons. The number of hydrogen-bond acceptors (Lipinski definition) is 2. The van der Waals surface area contributed by atoms with Gasteiger partial charge in [0.05, 0.1) is 12.7 Å². The fourth-order valence-electron chi connectivity index (χ4n) is 1.23. The second-order valence-electron chi connectivity index (χ2n) is 3.29. The van der Waals surface area contributed by atoms with Crippen molar-refractivity contribution < 1.29 is 8.78 Å². The van der Waals surface area contributed by atoms with Gasteiger partial charge >= 0.3 is 0 Å². The molecule has 5 heteroatoms. The van der Waals surface area contributed by atoms with Crippen LogP contribution in [0.4, 0.5) is 8.78 Å². The lowest BCUT2D eigenvalue weighted by molar-refractivity contribution is -0.0162. The van der Waals surface area contributed by atoms with E-state index in [2.05, 4.69) is 10.4 Å². The molecule has 0 atom stereocenters. The highest BCUT2D eigenvalue weighted by Gasteiger charge is 2.28. The van der Waals surface area contributed by atoms with Gasteiger partial charge in [-0.05, 0) is 19.0 Å². The zero-order chi connectivity index (χ0) is 10.6. The van der Waals surface area contributed by atoms with E-state index in [0.717, 1.165) is 12.0 Å². The van der Waals surface area contributed by atoms with E-state index in [1.165, 1.54) is 11.7 Å². The maximum Gasteiger partial charge on any atom is 0.279 e. The van der Waals surface area contributed by atoms with Crippen molar-refractivity contribution in [3.8, 4) is 0 Å². The van der Waals surface area contributed by atoms with Crippen LogP contribution in [0.3, 0.4) is 0 Å². The van der Waals surface area contributed by atoms with Gasteiger partial charge in [0.15, 0.2) is 0 Å². The monoisotopic (exact) mass is 203 g/mol. The van der Waals surface area contributed by atoms with Crippen molar-refractivity contribution in [1.82, 2.24) is 15.1 Å². The fraction of sp³-hybridized carbons (Fsp3) is 0.667. The Morgan fingerprint density at radius 1 is 1.57 bits per heavy atom. The number of hydrogen-bond donors (Lipinski definition) is 1. The van der Waals surface area contributed by atoms with Gasteiger partial charge in [0, 0.05) is 6.20 Å². The fourth-order valence-corrected chi connectivity index (χ4v) is 1.23. The van der Waals surface area contributed by atoms with Crippen molar-refractivity contribution in [2.24, 2.45) is 0 Å². The van der Waals surface area contributed by atoms with Crippen LogP contribution >= 0.6 is 0 Å². The predicted molar refractivity (Wildman–Crippen MR) is 50.5 cm³/mol. The van der Waals surface area contributed by atoms with Gasteiger partial charge in [0.1, 0.15) is 6.54 Å². The molecule has 1 aromatic heterocycles. The zero-order valence-electron chi connectivity index (χ0n) is 8.43. The smallest absolute Gasteiger partial charge is 0.279 e. The molecule has 0 aromatic carbocycles. The van der Waals surface area contributed by atoms with Crippen LogP contribution in [0, 0.1) is 0 Å². The highest BCUT2D eigenvalue weighted by Crippen LogP contribution is 2.14. The Morgan fingerprint density at radius 3 is 2.79 bits per heavy atom. The highest BCUT2D eigenvalue weighted by molar-refractivity contribution is 5.03. The third kappa shape index (κ3) is 3.06. The Morgan fingerprint density at radius 2 is 2.29 bits per heavy atom. The number of alkyl halides is 2. The molecule has 0 saturated heterocycles. The van der Waals surface area contributed by atoms with E-state index in [0.29, 0.717) is 0 Å². The molecule has 14 heavy (non-hydrogen) atoms. The number of nitrogens with zero attached hydrogens (tertiary/aromatic N) is 2. The normalized spacial score (nSPS) is 12.0. The number of halogens is 2. The summed E-state index contributed by atoms with van der Waals surface area (Å²) < 4.78 is 27.5. The first-order valence-corrected chi connectivity index (χ1v) is 4.61. The van der Waals surface area contributed by atoms with Crippen LogP contribution in [0.15, 0.2) is 12.4 Å². The molecule has 0 saturated carbocycles. The third-order valence-corrected chi connectivity index (χ3v) is 1.92. The Hall–Kier alpha value is -0.970. The van der Waals surface area contributed by atoms with E-state index < -0.39 is 5.92 Å². The molecular formula is C9H15F2N3. The molecule has 3 nitrogen and oxygen atoms in total. The first-order chi connectivity index (χ1) is 6.57. The standard InChI is InChI=1S/C9H15F2N3/c1-3-8-4-13-14(5-8)7-9(10,11)6-12-2/h4-5,12H,3,6-7H2,1-2H3. The van der Waals surface area contributed by atoms with Crippen molar-refractivity contribution in [3.63, 3.8) is 0 Å². The molecule has 1 N–H and O–H groups in total. The summed E-state index contributed by atoms with van der Waals surface area (Å²) in [5.74, 6) is -2.74. The predicted octanol–water partition coefficient (Wildman–Crippen LogP) is 1.30. The van der Waals surface area contributed by atoms with Crippen LogP contribution in [0.2, 0.25) is 0 Å². The summed E-state index contributed by atoms with van der Waals surface area (Å²) in [6.07, 6.45) is 4.09. The van der Waals surface area contributed by atoms with Crippen LogP contribution in [0.1, 0.15) is 12.5 Å². The van der Waals surface area contributed by atoms with Crippen molar-refractivity contribution >= 4 is 0 Å². The van der Waals surface area contributed by atoms with Crippen LogP contribution in [-0.2, 0) is 13.0 Å². The molecule has 0 aliphatic heterocycles. The minimum Gasteiger partial charge on any atom is -0.314 e. The number of aryl methyl sites for hydroxylation is 1. The molecule has 0 aliphatic rings. The summed E-state index contributed by atoms with van der Waals surface area (Å²) in [5, 5.41) is 6.32. The molecular weight excluding hydrogens is 188 g/mol. The van der Waals surface area contributed by atoms with Gasteiger partial charge in [-0.15, -0.1) is 0 Å². The van der Waals surface area contributed by atoms with Gasteiger partial charge in [-0.25, -0.2) is 8.78 Å². The van der Waals surface area contributed by atoms with Crippen LogP contribution in [-0.4, -0.2) is 29.3 Å². The first kappa shape index (κ1) is 11.1. The Labute approximate surface area is 82.1 Å². The maximum absolute atomic E-state index is 13.1. The number of rotatable bonds is 5. The van der Waals surface area contributed by atoms with E-state index >= 15 is 0 Å². The van der Waals surface area contributed by atoms with Crippen molar-refractivity contribution in [1.29, 1.82) is 0 Å². The summed E-state index contributed by atoms with van der Waals surface area (Å²) in [6, 6.07) is 0. The van der Waals surface area contributed by atoms with Gasteiger partial charge in [0.25, 0.3) is 5.92 Å². The average molecular weight is 203 g/mol. The molecule has 0 aliphatic carbocycles. The average Bonchev–Trinajstić information content (AvgIpc) is 2.51. The second kappa shape index (κ2) is 4.50. The van der Waals surface area contributed by atoms with Gasteiger partial charge in [-0.2, -0.15) is 5.10 Å². The molecule has 80 valence electrons. The summed E-state index contributed by atoms with van der Waals surface area (Å²) in [5.41, 5.74) is 0.977. The number of aromatic nitrogens is 2. The molecule has 0 bridgehead atoms. The Kier molecular flexibility index (Phi) is 3.57. The van der Waals surface area contributed by atoms with Gasteiger partial charge < -0.3 is 5.32 Å². The Bertz CT molecular complexity index is 283. The molecule has 1 rings (SSSR count). The van der Waals surface area contributed by atoms with Crippen LogP contribution in [0.25, 0.3) is 0 Å². The highest BCUT2D eigenvalue weighted by atomic mass is 19.3. The molecule has 0 unspecified atom stereocenters. The second-order valence-corrected chi connectivity index (χ2v) is 3.29. The van der Waals surface area contributed by atoms with Gasteiger partial charge in [-0.3, -0.25) is 4.68 Å². The van der Waals surface area contributed by atoms with Crippen molar-refractivity contribution in [3.05, 3.63) is 18.0 Å². The lowest BCUT2D eigenvalue weighted by Gasteiger charge is -2.15. The van der Waals surface area contributed by atoms with E-state index in [4.69, 9.17) is 0 Å². The van der Waals surface area contributed by atoms with Gasteiger partial charge in [-0.1, -0.05) is 6.92 Å². The van der Waals surface area contributed by atoms with E-state index in [-0.39, 0.29) is 13.1 Å². The zero-order valence-corrected chi connectivity index (χ0v) is 8.43. The maximum atomic E-state index is 13.1.